The smallest absolute Gasteiger partial charge is 0.276 e. The molecular weight excluding hydrogens is 224 g/mol. The maximum atomic E-state index is 11.9. The summed E-state index contributed by atoms with van der Waals surface area (Å²) in [5.41, 5.74) is -0.0281. The third-order valence-corrected chi connectivity index (χ3v) is 2.18. The van der Waals surface area contributed by atoms with Gasteiger partial charge in [0.25, 0.3) is 5.91 Å². The van der Waals surface area contributed by atoms with Gasteiger partial charge in [-0.15, -0.1) is 0 Å². The van der Waals surface area contributed by atoms with E-state index in [1.54, 1.807) is 0 Å². The van der Waals surface area contributed by atoms with Crippen LogP contribution in [0.3, 0.4) is 0 Å². The number of aromatic hydroxyl groups is 1. The summed E-state index contributed by atoms with van der Waals surface area (Å²) in [6.07, 6.45) is 0.659. The van der Waals surface area contributed by atoms with Crippen LogP contribution in [0.2, 0.25) is 0 Å². The molecule has 0 aliphatic rings. The van der Waals surface area contributed by atoms with Gasteiger partial charge in [0, 0.05) is 26.9 Å². The van der Waals surface area contributed by atoms with E-state index in [-0.39, 0.29) is 24.6 Å². The molecule has 0 saturated heterocycles. The molecule has 1 rings (SSSR count). The molecule has 0 aliphatic heterocycles. The van der Waals surface area contributed by atoms with E-state index < -0.39 is 12.0 Å². The average molecular weight is 240 g/mol. The predicted octanol–water partition coefficient (Wildman–Crippen LogP) is -0.134. The van der Waals surface area contributed by atoms with Crippen molar-refractivity contribution in [3.63, 3.8) is 0 Å². The molecule has 1 unspecified atom stereocenters. The lowest BCUT2D eigenvalue weighted by atomic mass is 10.2. The Kier molecular flexibility index (Phi) is 4.86. The fraction of sp³-hybridized carbons (Fsp3) is 0.455. The van der Waals surface area contributed by atoms with Gasteiger partial charge in [-0.3, -0.25) is 4.79 Å². The third kappa shape index (κ3) is 3.69. The zero-order chi connectivity index (χ0) is 12.8. The van der Waals surface area contributed by atoms with Crippen molar-refractivity contribution in [2.75, 3.05) is 27.3 Å². The Morgan fingerprint density at radius 2 is 2.35 bits per heavy atom. The number of nitrogens with zero attached hydrogens (tertiary/aromatic N) is 2. The van der Waals surface area contributed by atoms with Gasteiger partial charge in [-0.05, 0) is 12.1 Å². The van der Waals surface area contributed by atoms with E-state index in [9.17, 15) is 15.0 Å². The fourth-order valence-corrected chi connectivity index (χ4v) is 1.39. The lowest BCUT2D eigenvalue weighted by Crippen LogP contribution is -2.36. The zero-order valence-corrected chi connectivity index (χ0v) is 9.83. The normalized spacial score (nSPS) is 12.2. The van der Waals surface area contributed by atoms with E-state index in [4.69, 9.17) is 4.74 Å². The summed E-state index contributed by atoms with van der Waals surface area (Å²) in [4.78, 5) is 16.9. The summed E-state index contributed by atoms with van der Waals surface area (Å²) < 4.78 is 4.76. The van der Waals surface area contributed by atoms with Crippen molar-refractivity contribution in [1.82, 2.24) is 9.88 Å². The lowest BCUT2D eigenvalue weighted by molar-refractivity contribution is 0.0376. The monoisotopic (exact) mass is 240 g/mol. The molecule has 0 fully saturated rings. The molecule has 6 nitrogen and oxygen atoms in total. The first-order valence-electron chi connectivity index (χ1n) is 5.12. The highest BCUT2D eigenvalue weighted by molar-refractivity contribution is 5.94. The van der Waals surface area contributed by atoms with Crippen LogP contribution < -0.4 is 0 Å². The minimum absolute atomic E-state index is 0.0281. The molecule has 0 saturated carbocycles. The molecule has 0 spiro atoms. The number of amides is 1. The number of methoxy groups -OCH3 is 1. The number of carbonyl (C=O) groups excluding carboxylic acids is 1. The Morgan fingerprint density at radius 3 is 2.94 bits per heavy atom. The number of aliphatic hydroxyl groups excluding tert-OH is 1. The highest BCUT2D eigenvalue weighted by Gasteiger charge is 2.19. The summed E-state index contributed by atoms with van der Waals surface area (Å²) in [7, 11) is 2.99. The Balaban J connectivity index is 2.67. The van der Waals surface area contributed by atoms with Crippen LogP contribution in [0.1, 0.15) is 10.5 Å². The molecule has 1 amide bonds. The minimum Gasteiger partial charge on any atom is -0.505 e. The second kappa shape index (κ2) is 6.17. The molecular formula is C11H16N2O4. The average Bonchev–Trinajstić information content (AvgIpc) is 2.29. The van der Waals surface area contributed by atoms with Crippen LogP contribution in [0, 0.1) is 0 Å². The van der Waals surface area contributed by atoms with Crippen molar-refractivity contribution >= 4 is 5.91 Å². The molecule has 1 aromatic rings. The number of hydrogen-bond acceptors (Lipinski definition) is 5. The number of carbonyl (C=O) groups is 1. The number of pyridine rings is 1. The molecule has 0 radical (unpaired) electrons. The summed E-state index contributed by atoms with van der Waals surface area (Å²) in [5.74, 6) is -0.621. The largest absolute Gasteiger partial charge is 0.505 e. The Morgan fingerprint density at radius 1 is 1.65 bits per heavy atom. The SMILES string of the molecule is COCC(O)CN(C)C(=O)c1ncccc1O. The molecule has 94 valence electrons. The molecule has 17 heavy (non-hydrogen) atoms. The second-order valence-corrected chi connectivity index (χ2v) is 3.67. The Hall–Kier alpha value is -1.66. The number of ether oxygens (including phenoxy) is 1. The van der Waals surface area contributed by atoms with E-state index in [0.29, 0.717) is 0 Å². The quantitative estimate of drug-likeness (QED) is 0.749. The van der Waals surface area contributed by atoms with Crippen LogP contribution >= 0.6 is 0 Å². The Labute approximate surface area is 99.5 Å². The number of likely N-dealkylation sites (N-methyl/N-ethyl adjacent to an activating group) is 1. The van der Waals surface area contributed by atoms with Crippen LogP contribution in [0.4, 0.5) is 0 Å². The molecule has 1 atom stereocenters. The van der Waals surface area contributed by atoms with Gasteiger partial charge in [-0.2, -0.15) is 0 Å². The first kappa shape index (κ1) is 13.4. The standard InChI is InChI=1S/C11H16N2O4/c1-13(6-8(14)7-17-2)11(16)10-9(15)4-3-5-12-10/h3-5,8,14-15H,6-7H2,1-2H3. The molecule has 0 bridgehead atoms. The van der Waals surface area contributed by atoms with Gasteiger partial charge in [0.15, 0.2) is 5.69 Å². The highest BCUT2D eigenvalue weighted by atomic mass is 16.5. The van der Waals surface area contributed by atoms with Crippen molar-refractivity contribution in [2.24, 2.45) is 0 Å². The second-order valence-electron chi connectivity index (χ2n) is 3.67. The summed E-state index contributed by atoms with van der Waals surface area (Å²) in [6, 6.07) is 2.92. The minimum atomic E-state index is -0.764. The molecule has 0 aliphatic carbocycles. The maximum Gasteiger partial charge on any atom is 0.276 e. The molecule has 1 heterocycles. The zero-order valence-electron chi connectivity index (χ0n) is 9.83. The van der Waals surface area contributed by atoms with Gasteiger partial charge < -0.3 is 19.8 Å². The molecule has 2 N–H and O–H groups in total. The van der Waals surface area contributed by atoms with Crippen LogP contribution in [0.25, 0.3) is 0 Å². The van der Waals surface area contributed by atoms with Crippen molar-refractivity contribution < 1.29 is 19.7 Å². The van der Waals surface area contributed by atoms with E-state index >= 15 is 0 Å². The number of aliphatic hydroxyl groups is 1. The summed E-state index contributed by atoms with van der Waals surface area (Å²) in [6.45, 7) is 0.258. The van der Waals surface area contributed by atoms with Crippen LogP contribution in [-0.2, 0) is 4.74 Å². The van der Waals surface area contributed by atoms with Gasteiger partial charge in [-0.1, -0.05) is 0 Å². The highest BCUT2D eigenvalue weighted by Crippen LogP contribution is 2.14. The molecule has 6 heteroatoms. The number of hydrogen-bond donors (Lipinski definition) is 2. The first-order chi connectivity index (χ1) is 8.06. The lowest BCUT2D eigenvalue weighted by Gasteiger charge is -2.20. The van der Waals surface area contributed by atoms with Crippen LogP contribution in [0.15, 0.2) is 18.3 Å². The van der Waals surface area contributed by atoms with Gasteiger partial charge in [0.05, 0.1) is 12.7 Å². The topological polar surface area (TPSA) is 82.9 Å². The van der Waals surface area contributed by atoms with Gasteiger partial charge >= 0.3 is 0 Å². The van der Waals surface area contributed by atoms with Crippen molar-refractivity contribution in [1.29, 1.82) is 0 Å². The van der Waals surface area contributed by atoms with Gasteiger partial charge in [0.1, 0.15) is 5.75 Å². The third-order valence-electron chi connectivity index (χ3n) is 2.18. The van der Waals surface area contributed by atoms with Crippen LogP contribution in [-0.4, -0.2) is 59.4 Å². The fourth-order valence-electron chi connectivity index (χ4n) is 1.39. The van der Waals surface area contributed by atoms with E-state index in [1.807, 2.05) is 0 Å². The van der Waals surface area contributed by atoms with E-state index in [0.717, 1.165) is 0 Å². The number of aromatic nitrogens is 1. The van der Waals surface area contributed by atoms with Crippen molar-refractivity contribution in [3.8, 4) is 5.75 Å². The molecule has 1 aromatic heterocycles. The first-order valence-corrected chi connectivity index (χ1v) is 5.12. The summed E-state index contributed by atoms with van der Waals surface area (Å²) >= 11 is 0. The number of rotatable bonds is 5. The summed E-state index contributed by atoms with van der Waals surface area (Å²) in [5, 5.41) is 19.0. The van der Waals surface area contributed by atoms with E-state index in [2.05, 4.69) is 4.98 Å². The predicted molar refractivity (Wildman–Crippen MR) is 60.7 cm³/mol. The van der Waals surface area contributed by atoms with Crippen molar-refractivity contribution in [2.45, 2.75) is 6.10 Å². The van der Waals surface area contributed by atoms with E-state index in [1.165, 1.54) is 37.4 Å². The van der Waals surface area contributed by atoms with Crippen LogP contribution in [0.5, 0.6) is 5.75 Å². The molecule has 0 aromatic carbocycles. The van der Waals surface area contributed by atoms with Gasteiger partial charge in [-0.25, -0.2) is 4.98 Å². The van der Waals surface area contributed by atoms with Crippen molar-refractivity contribution in [3.05, 3.63) is 24.0 Å². The van der Waals surface area contributed by atoms with Gasteiger partial charge in [0.2, 0.25) is 0 Å². The maximum absolute atomic E-state index is 11.9. The Bertz CT molecular complexity index is 383.